The Morgan fingerprint density at radius 2 is 1.87 bits per heavy atom. The van der Waals surface area contributed by atoms with Crippen molar-refractivity contribution in [3.63, 3.8) is 0 Å². The van der Waals surface area contributed by atoms with Crippen molar-refractivity contribution >= 4 is 46.0 Å². The fourth-order valence-electron chi connectivity index (χ4n) is 3.11. The SMILES string of the molecule is O=C1/C(=C\c2ccc(-c3ccc(F)cc3F)o2)SC(=S)N1c1ccc2c(c1)OCO2. The first-order valence-corrected chi connectivity index (χ1v) is 9.95. The Labute approximate surface area is 178 Å². The molecule has 0 unspecified atom stereocenters. The smallest absolute Gasteiger partial charge is 0.270 e. The number of ether oxygens (including phenoxy) is 2. The van der Waals surface area contributed by atoms with Gasteiger partial charge >= 0.3 is 0 Å². The zero-order valence-electron chi connectivity index (χ0n) is 15.1. The summed E-state index contributed by atoms with van der Waals surface area (Å²) in [5, 5.41) is 0. The monoisotopic (exact) mass is 443 g/mol. The molecule has 0 atom stereocenters. The molecule has 0 aliphatic carbocycles. The molecule has 5 rings (SSSR count). The molecule has 1 fully saturated rings. The van der Waals surface area contributed by atoms with Crippen LogP contribution in [0.4, 0.5) is 14.5 Å². The number of amides is 1. The van der Waals surface area contributed by atoms with E-state index in [1.807, 2.05) is 0 Å². The maximum Gasteiger partial charge on any atom is 0.270 e. The predicted molar refractivity (Wildman–Crippen MR) is 112 cm³/mol. The Balaban J connectivity index is 1.42. The summed E-state index contributed by atoms with van der Waals surface area (Å²) in [5.74, 6) is 0.0124. The summed E-state index contributed by atoms with van der Waals surface area (Å²) in [5.41, 5.74) is 0.697. The van der Waals surface area contributed by atoms with Crippen molar-refractivity contribution < 1.29 is 27.5 Å². The van der Waals surface area contributed by atoms with E-state index in [1.54, 1.807) is 30.3 Å². The largest absolute Gasteiger partial charge is 0.457 e. The number of anilines is 1. The van der Waals surface area contributed by atoms with E-state index < -0.39 is 11.6 Å². The van der Waals surface area contributed by atoms with E-state index in [2.05, 4.69) is 0 Å². The van der Waals surface area contributed by atoms with Gasteiger partial charge in [-0.1, -0.05) is 24.0 Å². The van der Waals surface area contributed by atoms with Gasteiger partial charge in [0.25, 0.3) is 5.91 Å². The van der Waals surface area contributed by atoms with Crippen LogP contribution in [0.5, 0.6) is 11.5 Å². The van der Waals surface area contributed by atoms with Gasteiger partial charge in [0.1, 0.15) is 23.2 Å². The number of carbonyl (C=O) groups is 1. The van der Waals surface area contributed by atoms with Crippen LogP contribution in [-0.2, 0) is 4.79 Å². The van der Waals surface area contributed by atoms with E-state index in [1.165, 1.54) is 17.0 Å². The number of hydrogen-bond donors (Lipinski definition) is 0. The van der Waals surface area contributed by atoms with Crippen molar-refractivity contribution in [3.05, 3.63) is 70.8 Å². The summed E-state index contributed by atoms with van der Waals surface area (Å²) in [6.45, 7) is 0.132. The van der Waals surface area contributed by atoms with Gasteiger partial charge in [-0.3, -0.25) is 9.69 Å². The maximum absolute atomic E-state index is 14.0. The second-order valence-electron chi connectivity index (χ2n) is 6.38. The molecule has 9 heteroatoms. The Morgan fingerprint density at radius 1 is 1.03 bits per heavy atom. The highest BCUT2D eigenvalue weighted by Crippen LogP contribution is 2.41. The lowest BCUT2D eigenvalue weighted by Crippen LogP contribution is -2.27. The lowest BCUT2D eigenvalue weighted by molar-refractivity contribution is -0.113. The molecule has 0 saturated carbocycles. The summed E-state index contributed by atoms with van der Waals surface area (Å²) in [6, 6.07) is 11.5. The predicted octanol–water partition coefficient (Wildman–Crippen LogP) is 5.36. The number of thioether (sulfide) groups is 1. The molecule has 0 N–H and O–H groups in total. The number of thiocarbonyl (C=S) groups is 1. The normalized spacial score (nSPS) is 16.7. The molecule has 5 nitrogen and oxygen atoms in total. The topological polar surface area (TPSA) is 51.9 Å². The van der Waals surface area contributed by atoms with Gasteiger partial charge in [-0.25, -0.2) is 8.78 Å². The zero-order valence-corrected chi connectivity index (χ0v) is 16.7. The van der Waals surface area contributed by atoms with E-state index in [4.69, 9.17) is 26.1 Å². The molecule has 0 spiro atoms. The number of hydrogen-bond acceptors (Lipinski definition) is 6. The molecule has 2 aliphatic rings. The first-order valence-electron chi connectivity index (χ1n) is 8.72. The van der Waals surface area contributed by atoms with Crippen LogP contribution in [0.2, 0.25) is 0 Å². The van der Waals surface area contributed by atoms with Crippen molar-refractivity contribution in [2.75, 3.05) is 11.7 Å². The zero-order chi connectivity index (χ0) is 20.8. The van der Waals surface area contributed by atoms with Gasteiger partial charge in [-0.05, 0) is 36.4 Å². The van der Waals surface area contributed by atoms with E-state index in [0.717, 1.165) is 23.9 Å². The molecule has 1 aromatic heterocycles. The molecule has 1 amide bonds. The Kier molecular flexibility index (Phi) is 4.56. The van der Waals surface area contributed by atoms with Crippen LogP contribution in [0, 0.1) is 11.6 Å². The van der Waals surface area contributed by atoms with E-state index >= 15 is 0 Å². The van der Waals surface area contributed by atoms with Crippen molar-refractivity contribution in [2.24, 2.45) is 0 Å². The molecule has 1 saturated heterocycles. The Hall–Kier alpha value is -3.17. The van der Waals surface area contributed by atoms with E-state index in [9.17, 15) is 13.6 Å². The van der Waals surface area contributed by atoms with Gasteiger partial charge in [0.2, 0.25) is 6.79 Å². The van der Waals surface area contributed by atoms with Crippen LogP contribution in [0.1, 0.15) is 5.76 Å². The van der Waals surface area contributed by atoms with Gasteiger partial charge in [0.15, 0.2) is 15.8 Å². The maximum atomic E-state index is 14.0. The van der Waals surface area contributed by atoms with Gasteiger partial charge in [0.05, 0.1) is 16.2 Å². The van der Waals surface area contributed by atoms with Crippen LogP contribution in [-0.4, -0.2) is 17.0 Å². The van der Waals surface area contributed by atoms with Crippen molar-refractivity contribution in [3.8, 4) is 22.8 Å². The number of rotatable bonds is 3. The molecule has 2 aromatic carbocycles. The molecule has 2 aliphatic heterocycles. The molecule has 30 heavy (non-hydrogen) atoms. The molecule has 0 bridgehead atoms. The van der Waals surface area contributed by atoms with Crippen LogP contribution in [0.15, 0.2) is 57.9 Å². The number of fused-ring (bicyclic) bond motifs is 1. The Bertz CT molecular complexity index is 1240. The van der Waals surface area contributed by atoms with Gasteiger partial charge < -0.3 is 13.9 Å². The summed E-state index contributed by atoms with van der Waals surface area (Å²) >= 11 is 6.50. The van der Waals surface area contributed by atoms with Crippen molar-refractivity contribution in [1.82, 2.24) is 0 Å². The summed E-state index contributed by atoms with van der Waals surface area (Å²) in [6.07, 6.45) is 1.54. The molecule has 150 valence electrons. The molecular weight excluding hydrogens is 432 g/mol. The van der Waals surface area contributed by atoms with Gasteiger partial charge in [-0.15, -0.1) is 0 Å². The minimum atomic E-state index is -0.731. The van der Waals surface area contributed by atoms with Crippen LogP contribution >= 0.6 is 24.0 Å². The molecular formula is C21H11F2NO4S2. The minimum Gasteiger partial charge on any atom is -0.457 e. The molecule has 3 aromatic rings. The summed E-state index contributed by atoms with van der Waals surface area (Å²) in [7, 11) is 0. The third-order valence-electron chi connectivity index (χ3n) is 4.50. The standard InChI is InChI=1S/C21H11F2NO4S2/c22-11-1-4-14(15(23)7-11)16-6-3-13(28-16)9-19-20(25)24(21(29)30-19)12-2-5-17-18(8-12)27-10-26-17/h1-9H,10H2/b19-9+. The average molecular weight is 443 g/mol. The first kappa shape index (κ1) is 18.8. The lowest BCUT2D eigenvalue weighted by atomic mass is 10.1. The highest BCUT2D eigenvalue weighted by atomic mass is 32.2. The quantitative estimate of drug-likeness (QED) is 0.401. The van der Waals surface area contributed by atoms with Crippen molar-refractivity contribution in [1.29, 1.82) is 0 Å². The second-order valence-corrected chi connectivity index (χ2v) is 8.06. The highest BCUT2D eigenvalue weighted by Gasteiger charge is 2.34. The molecule has 0 radical (unpaired) electrons. The lowest BCUT2D eigenvalue weighted by Gasteiger charge is -2.14. The number of carbonyl (C=O) groups excluding carboxylic acids is 1. The second kappa shape index (κ2) is 7.26. The minimum absolute atomic E-state index is 0.129. The number of nitrogens with zero attached hydrogens (tertiary/aromatic N) is 1. The van der Waals surface area contributed by atoms with E-state index in [0.29, 0.717) is 32.2 Å². The van der Waals surface area contributed by atoms with Crippen LogP contribution in [0.3, 0.4) is 0 Å². The molecule has 3 heterocycles. The van der Waals surface area contributed by atoms with E-state index in [-0.39, 0.29) is 24.0 Å². The fourth-order valence-corrected chi connectivity index (χ4v) is 4.39. The number of halogens is 2. The highest BCUT2D eigenvalue weighted by molar-refractivity contribution is 8.27. The summed E-state index contributed by atoms with van der Waals surface area (Å²) < 4.78 is 43.7. The number of furan rings is 1. The summed E-state index contributed by atoms with van der Waals surface area (Å²) in [4.78, 5) is 14.7. The first-order chi connectivity index (χ1) is 14.5. The van der Waals surface area contributed by atoms with Gasteiger partial charge in [-0.2, -0.15) is 0 Å². The van der Waals surface area contributed by atoms with Gasteiger partial charge in [0, 0.05) is 18.2 Å². The number of benzene rings is 2. The third kappa shape index (κ3) is 3.25. The average Bonchev–Trinajstić information content (AvgIpc) is 3.42. The Morgan fingerprint density at radius 3 is 2.70 bits per heavy atom. The fraction of sp³-hybridized carbons (Fsp3) is 0.0476. The van der Waals surface area contributed by atoms with Crippen LogP contribution in [0.25, 0.3) is 17.4 Å². The van der Waals surface area contributed by atoms with Crippen molar-refractivity contribution in [2.45, 2.75) is 0 Å². The van der Waals surface area contributed by atoms with Crippen LogP contribution < -0.4 is 14.4 Å². The third-order valence-corrected chi connectivity index (χ3v) is 5.81.